The van der Waals surface area contributed by atoms with Gasteiger partial charge in [-0.15, -0.1) is 5.10 Å². The molecule has 1 aromatic heterocycles. The lowest BCUT2D eigenvalue weighted by molar-refractivity contribution is 0.0888. The summed E-state index contributed by atoms with van der Waals surface area (Å²) in [5.41, 5.74) is 1.94. The molecular weight excluding hydrogens is 328 g/mol. The van der Waals surface area contributed by atoms with Gasteiger partial charge in [0.25, 0.3) is 0 Å². The van der Waals surface area contributed by atoms with Crippen LogP contribution >= 0.6 is 0 Å². The summed E-state index contributed by atoms with van der Waals surface area (Å²) in [6.07, 6.45) is 1.19. The van der Waals surface area contributed by atoms with Crippen molar-refractivity contribution in [2.75, 3.05) is 12.4 Å². The van der Waals surface area contributed by atoms with Crippen LogP contribution < -0.4 is 10.1 Å². The number of hydrogen-bond donors (Lipinski definition) is 1. The lowest BCUT2D eigenvalue weighted by atomic mass is 10.2. The second kappa shape index (κ2) is 8.29. The van der Waals surface area contributed by atoms with Crippen molar-refractivity contribution < 1.29 is 9.53 Å². The number of nitrogens with zero attached hydrogens (tertiary/aromatic N) is 3. The van der Waals surface area contributed by atoms with Crippen LogP contribution in [0.15, 0.2) is 54.6 Å². The van der Waals surface area contributed by atoms with Crippen molar-refractivity contribution in [3.63, 3.8) is 0 Å². The predicted octanol–water partition coefficient (Wildman–Crippen LogP) is 4.01. The molecule has 6 nitrogen and oxygen atoms in total. The molecule has 0 saturated carbocycles. The van der Waals surface area contributed by atoms with Crippen molar-refractivity contribution in [2.24, 2.45) is 0 Å². The van der Waals surface area contributed by atoms with Gasteiger partial charge in [0.2, 0.25) is 11.9 Å². The van der Waals surface area contributed by atoms with Crippen molar-refractivity contribution >= 4 is 11.9 Å². The van der Waals surface area contributed by atoms with Gasteiger partial charge >= 0.3 is 0 Å². The molecule has 1 heterocycles. The van der Waals surface area contributed by atoms with Crippen LogP contribution in [-0.4, -0.2) is 27.8 Å². The number of aromatic nitrogens is 3. The molecule has 1 N–H and O–H groups in total. The highest BCUT2D eigenvalue weighted by molar-refractivity contribution is 5.81. The highest BCUT2D eigenvalue weighted by atomic mass is 16.5. The maximum Gasteiger partial charge on any atom is 0.250 e. The molecule has 0 spiro atoms. The fourth-order valence-corrected chi connectivity index (χ4v) is 2.55. The molecule has 2 aromatic carbocycles. The van der Waals surface area contributed by atoms with Gasteiger partial charge in [0.1, 0.15) is 5.75 Å². The van der Waals surface area contributed by atoms with Gasteiger partial charge in [0.05, 0.1) is 7.11 Å². The quantitative estimate of drug-likeness (QED) is 0.697. The highest BCUT2D eigenvalue weighted by Crippen LogP contribution is 2.19. The molecule has 6 heteroatoms. The minimum atomic E-state index is -0.0700. The van der Waals surface area contributed by atoms with E-state index in [-0.39, 0.29) is 5.91 Å². The van der Waals surface area contributed by atoms with E-state index in [0.29, 0.717) is 24.7 Å². The Morgan fingerprint density at radius 2 is 1.85 bits per heavy atom. The summed E-state index contributed by atoms with van der Waals surface area (Å²) < 4.78 is 6.54. The van der Waals surface area contributed by atoms with E-state index in [1.54, 1.807) is 7.11 Å². The molecule has 0 unspecified atom stereocenters. The molecule has 0 radical (unpaired) electrons. The number of carbonyl (C=O) groups is 1. The third kappa shape index (κ3) is 4.08. The second-order valence-electron chi connectivity index (χ2n) is 5.88. The van der Waals surface area contributed by atoms with Gasteiger partial charge < -0.3 is 10.1 Å². The van der Waals surface area contributed by atoms with Crippen LogP contribution in [0.25, 0.3) is 11.4 Å². The minimum absolute atomic E-state index is 0.0700. The van der Waals surface area contributed by atoms with E-state index in [9.17, 15) is 4.79 Å². The fourth-order valence-electron chi connectivity index (χ4n) is 2.55. The van der Waals surface area contributed by atoms with Gasteiger partial charge in [-0.05, 0) is 24.1 Å². The normalized spacial score (nSPS) is 10.5. The molecule has 0 aliphatic rings. The molecule has 0 atom stereocenters. The molecule has 3 rings (SSSR count). The van der Waals surface area contributed by atoms with E-state index in [0.717, 1.165) is 23.3 Å². The van der Waals surface area contributed by atoms with Crippen molar-refractivity contribution in [3.05, 3.63) is 60.2 Å². The zero-order valence-corrected chi connectivity index (χ0v) is 15.0. The van der Waals surface area contributed by atoms with Gasteiger partial charge in [-0.1, -0.05) is 49.4 Å². The number of rotatable bonds is 7. The summed E-state index contributed by atoms with van der Waals surface area (Å²) in [4.78, 5) is 16.9. The number of anilines is 1. The highest BCUT2D eigenvalue weighted by Gasteiger charge is 2.16. The summed E-state index contributed by atoms with van der Waals surface area (Å²) in [5.74, 6) is 1.73. The average molecular weight is 350 g/mol. The van der Waals surface area contributed by atoms with Gasteiger partial charge in [0.15, 0.2) is 5.82 Å². The largest absolute Gasteiger partial charge is 0.497 e. The molecule has 0 aliphatic heterocycles. The Hall–Kier alpha value is -3.15. The van der Waals surface area contributed by atoms with Gasteiger partial charge in [-0.3, -0.25) is 4.79 Å². The summed E-state index contributed by atoms with van der Waals surface area (Å²) in [7, 11) is 1.64. The standard InChI is InChI=1S/C20H22N4O2/c1-3-7-18(25)24-20(21-14-15-10-12-17(26-2)13-11-15)22-19(23-24)16-8-5-4-6-9-16/h4-6,8-13H,3,7,14H2,1-2H3,(H,21,22,23). The van der Waals surface area contributed by atoms with Crippen molar-refractivity contribution in [1.29, 1.82) is 0 Å². The number of hydrogen-bond acceptors (Lipinski definition) is 5. The van der Waals surface area contributed by atoms with E-state index >= 15 is 0 Å². The Balaban J connectivity index is 1.83. The van der Waals surface area contributed by atoms with Gasteiger partial charge in [-0.25, -0.2) is 0 Å². The summed E-state index contributed by atoms with van der Waals surface area (Å²) in [6, 6.07) is 17.4. The Kier molecular flexibility index (Phi) is 5.63. The first-order valence-electron chi connectivity index (χ1n) is 8.63. The number of nitrogens with one attached hydrogen (secondary N) is 1. The number of benzene rings is 2. The monoisotopic (exact) mass is 350 g/mol. The van der Waals surface area contributed by atoms with Crippen LogP contribution in [0.4, 0.5) is 5.95 Å². The summed E-state index contributed by atoms with van der Waals surface area (Å²) in [5, 5.41) is 7.64. The smallest absolute Gasteiger partial charge is 0.250 e. The second-order valence-corrected chi connectivity index (χ2v) is 5.88. The van der Waals surface area contributed by atoms with E-state index in [1.807, 2.05) is 61.5 Å². The molecule has 0 saturated heterocycles. The Morgan fingerprint density at radius 1 is 1.12 bits per heavy atom. The number of carbonyl (C=O) groups excluding carboxylic acids is 1. The molecule has 0 fully saturated rings. The maximum absolute atomic E-state index is 12.4. The zero-order chi connectivity index (χ0) is 18.4. The van der Waals surface area contributed by atoms with Crippen molar-refractivity contribution in [2.45, 2.75) is 26.3 Å². The zero-order valence-electron chi connectivity index (χ0n) is 15.0. The van der Waals surface area contributed by atoms with Crippen LogP contribution in [0.3, 0.4) is 0 Å². The first-order valence-corrected chi connectivity index (χ1v) is 8.63. The van der Waals surface area contributed by atoms with Gasteiger partial charge in [-0.2, -0.15) is 9.67 Å². The van der Waals surface area contributed by atoms with E-state index in [1.165, 1.54) is 4.68 Å². The molecule has 0 bridgehead atoms. The van der Waals surface area contributed by atoms with E-state index in [2.05, 4.69) is 15.4 Å². The fraction of sp³-hybridized carbons (Fsp3) is 0.250. The third-order valence-corrected chi connectivity index (χ3v) is 3.95. The molecule has 134 valence electrons. The molecule has 26 heavy (non-hydrogen) atoms. The van der Waals surface area contributed by atoms with Crippen LogP contribution in [0.5, 0.6) is 5.75 Å². The lowest BCUT2D eigenvalue weighted by Gasteiger charge is -2.07. The van der Waals surface area contributed by atoms with Crippen LogP contribution in [-0.2, 0) is 6.54 Å². The molecule has 0 aliphatic carbocycles. The van der Waals surface area contributed by atoms with E-state index < -0.39 is 0 Å². The number of ether oxygens (including phenoxy) is 1. The number of methoxy groups -OCH3 is 1. The van der Waals surface area contributed by atoms with Crippen LogP contribution in [0, 0.1) is 0 Å². The molecule has 3 aromatic rings. The van der Waals surface area contributed by atoms with Gasteiger partial charge in [0, 0.05) is 18.5 Å². The summed E-state index contributed by atoms with van der Waals surface area (Å²) in [6.45, 7) is 2.51. The average Bonchev–Trinajstić information content (AvgIpc) is 3.12. The Bertz CT molecular complexity index is 857. The third-order valence-electron chi connectivity index (χ3n) is 3.95. The van der Waals surface area contributed by atoms with E-state index in [4.69, 9.17) is 4.74 Å². The van der Waals surface area contributed by atoms with Crippen molar-refractivity contribution in [1.82, 2.24) is 14.8 Å². The molecule has 0 amide bonds. The topological polar surface area (TPSA) is 69.0 Å². The first kappa shape index (κ1) is 17.7. The van der Waals surface area contributed by atoms with Crippen LogP contribution in [0.2, 0.25) is 0 Å². The minimum Gasteiger partial charge on any atom is -0.497 e. The lowest BCUT2D eigenvalue weighted by Crippen LogP contribution is -2.16. The van der Waals surface area contributed by atoms with Crippen molar-refractivity contribution in [3.8, 4) is 17.1 Å². The predicted molar refractivity (Wildman–Crippen MR) is 101 cm³/mol. The first-order chi connectivity index (χ1) is 12.7. The van der Waals surface area contributed by atoms with Crippen LogP contribution in [0.1, 0.15) is 30.1 Å². The Labute approximate surface area is 152 Å². The summed E-state index contributed by atoms with van der Waals surface area (Å²) >= 11 is 0. The SMILES string of the molecule is CCCC(=O)n1nc(-c2ccccc2)nc1NCc1ccc(OC)cc1. The maximum atomic E-state index is 12.4. The molecular formula is C20H22N4O2. The Morgan fingerprint density at radius 3 is 2.50 bits per heavy atom.